The van der Waals surface area contributed by atoms with E-state index in [1.807, 2.05) is 72.8 Å². The lowest BCUT2D eigenvalue weighted by Crippen LogP contribution is -2.47. The Labute approximate surface area is 234 Å². The number of nitrogens with one attached hydrogen (secondary N) is 1. The van der Waals surface area contributed by atoms with Crippen LogP contribution in [0.3, 0.4) is 0 Å². The summed E-state index contributed by atoms with van der Waals surface area (Å²) in [6, 6.07) is 22.4. The van der Waals surface area contributed by atoms with Crippen molar-refractivity contribution in [3.05, 3.63) is 113 Å². The Hall–Kier alpha value is -4.72. The highest BCUT2D eigenvalue weighted by Gasteiger charge is 2.43. The van der Waals surface area contributed by atoms with E-state index >= 15 is 0 Å². The molecule has 2 aliphatic heterocycles. The topological polar surface area (TPSA) is 80.3 Å². The van der Waals surface area contributed by atoms with Crippen molar-refractivity contribution in [2.45, 2.75) is 19.1 Å². The molecule has 5 rings (SSSR count). The summed E-state index contributed by atoms with van der Waals surface area (Å²) in [4.78, 5) is 30.4. The molecule has 0 aromatic heterocycles. The molecule has 2 aliphatic rings. The molecule has 0 spiro atoms. The molecule has 3 amide bonds. The molecule has 0 radical (unpaired) electrons. The van der Waals surface area contributed by atoms with Gasteiger partial charge in [-0.15, -0.1) is 6.58 Å². The van der Waals surface area contributed by atoms with Gasteiger partial charge in [0.2, 0.25) is 0 Å². The van der Waals surface area contributed by atoms with Gasteiger partial charge in [-0.2, -0.15) is 0 Å². The summed E-state index contributed by atoms with van der Waals surface area (Å²) in [5, 5.41) is 3.04. The fraction of sp³-hybridized carbons (Fsp3) is 0.250. The van der Waals surface area contributed by atoms with Crippen molar-refractivity contribution in [1.82, 2.24) is 15.1 Å². The van der Waals surface area contributed by atoms with Crippen LogP contribution >= 0.6 is 0 Å². The molecule has 0 aliphatic carbocycles. The first-order valence-electron chi connectivity index (χ1n) is 13.2. The lowest BCUT2D eigenvalue weighted by molar-refractivity contribution is -0.125. The number of hydrogen-bond donors (Lipinski definition) is 1. The maximum Gasteiger partial charge on any atom is 0.322 e. The third-order valence-corrected chi connectivity index (χ3v) is 7.17. The lowest BCUT2D eigenvalue weighted by Gasteiger charge is -2.33. The van der Waals surface area contributed by atoms with Crippen LogP contribution in [-0.4, -0.2) is 55.6 Å². The molecule has 1 unspecified atom stereocenters. The predicted molar refractivity (Wildman–Crippen MR) is 152 cm³/mol. The number of amides is 3. The second-order valence-electron chi connectivity index (χ2n) is 9.65. The molecular weight excluding hydrogens is 506 g/mol. The first-order valence-corrected chi connectivity index (χ1v) is 13.2. The number of benzene rings is 3. The van der Waals surface area contributed by atoms with Gasteiger partial charge in [-0.3, -0.25) is 9.69 Å². The monoisotopic (exact) mass is 539 g/mol. The van der Waals surface area contributed by atoms with Crippen LogP contribution in [0.4, 0.5) is 4.79 Å². The van der Waals surface area contributed by atoms with E-state index in [2.05, 4.69) is 11.9 Å². The highest BCUT2D eigenvalue weighted by Crippen LogP contribution is 2.37. The molecule has 2 heterocycles. The largest absolute Gasteiger partial charge is 0.493 e. The summed E-state index contributed by atoms with van der Waals surface area (Å²) in [5.74, 6) is 1.88. The molecule has 1 N–H and O–H groups in total. The van der Waals surface area contributed by atoms with Crippen LogP contribution in [0.25, 0.3) is 0 Å². The summed E-state index contributed by atoms with van der Waals surface area (Å²) in [7, 11) is 3.20. The summed E-state index contributed by atoms with van der Waals surface area (Å²) in [6.07, 6.45) is 2.29. The van der Waals surface area contributed by atoms with Crippen LogP contribution in [0, 0.1) is 0 Å². The van der Waals surface area contributed by atoms with Crippen LogP contribution < -0.4 is 19.5 Å². The average molecular weight is 540 g/mol. The third kappa shape index (κ3) is 5.52. The average Bonchev–Trinajstić information content (AvgIpc) is 3.32. The fourth-order valence-electron chi connectivity index (χ4n) is 5.13. The Morgan fingerprint density at radius 1 is 0.950 bits per heavy atom. The van der Waals surface area contributed by atoms with Crippen molar-refractivity contribution in [2.75, 3.05) is 33.9 Å². The second-order valence-corrected chi connectivity index (χ2v) is 9.65. The Morgan fingerprint density at radius 2 is 1.75 bits per heavy atom. The van der Waals surface area contributed by atoms with Crippen molar-refractivity contribution in [1.29, 1.82) is 0 Å². The van der Waals surface area contributed by atoms with E-state index in [1.165, 1.54) is 0 Å². The fourth-order valence-corrected chi connectivity index (χ4v) is 5.13. The Bertz CT molecular complexity index is 1440. The number of rotatable bonds is 11. The number of carbonyl (C=O) groups is 2. The maximum atomic E-state index is 13.8. The Morgan fingerprint density at radius 3 is 2.50 bits per heavy atom. The SMILES string of the molecule is C=CCN1C(=O)NC(c2cccc(OCc3ccccc3)c2)C2=C1CN(CCc1ccc(OC)c(OC)c1)C2=O. The zero-order valence-electron chi connectivity index (χ0n) is 22.8. The highest BCUT2D eigenvalue weighted by molar-refractivity contribution is 6.01. The van der Waals surface area contributed by atoms with Gasteiger partial charge in [-0.1, -0.05) is 54.6 Å². The van der Waals surface area contributed by atoms with Gasteiger partial charge in [0.15, 0.2) is 11.5 Å². The van der Waals surface area contributed by atoms with Crippen LogP contribution in [0.1, 0.15) is 22.7 Å². The lowest BCUT2D eigenvalue weighted by atomic mass is 9.95. The molecule has 8 heteroatoms. The molecule has 3 aromatic rings. The zero-order valence-corrected chi connectivity index (χ0v) is 22.8. The zero-order chi connectivity index (χ0) is 28.1. The van der Waals surface area contributed by atoms with Crippen molar-refractivity contribution in [3.8, 4) is 17.2 Å². The first-order chi connectivity index (χ1) is 19.5. The molecule has 0 bridgehead atoms. The van der Waals surface area contributed by atoms with Gasteiger partial charge < -0.3 is 24.4 Å². The number of hydrogen-bond acceptors (Lipinski definition) is 5. The van der Waals surface area contributed by atoms with E-state index < -0.39 is 6.04 Å². The minimum atomic E-state index is -0.581. The molecule has 3 aromatic carbocycles. The number of methoxy groups -OCH3 is 2. The first kappa shape index (κ1) is 26.9. The molecule has 40 heavy (non-hydrogen) atoms. The van der Waals surface area contributed by atoms with Gasteiger partial charge in [0, 0.05) is 13.1 Å². The van der Waals surface area contributed by atoms with Crippen LogP contribution in [0.2, 0.25) is 0 Å². The van der Waals surface area contributed by atoms with Crippen LogP contribution in [0.15, 0.2) is 96.7 Å². The van der Waals surface area contributed by atoms with Gasteiger partial charge in [-0.05, 0) is 47.4 Å². The molecule has 206 valence electrons. The summed E-state index contributed by atoms with van der Waals surface area (Å²) < 4.78 is 16.8. The van der Waals surface area contributed by atoms with E-state index in [4.69, 9.17) is 14.2 Å². The molecule has 0 fully saturated rings. The summed E-state index contributed by atoms with van der Waals surface area (Å²) in [6.45, 7) is 5.38. The normalized spacial score (nSPS) is 16.5. The Balaban J connectivity index is 1.37. The van der Waals surface area contributed by atoms with Gasteiger partial charge in [0.25, 0.3) is 5.91 Å². The molecule has 0 saturated heterocycles. The third-order valence-electron chi connectivity index (χ3n) is 7.17. The summed E-state index contributed by atoms with van der Waals surface area (Å²) in [5.41, 5.74) is 4.16. The number of ether oxygens (including phenoxy) is 3. The van der Waals surface area contributed by atoms with Crippen molar-refractivity contribution < 1.29 is 23.8 Å². The number of carbonyl (C=O) groups excluding carboxylic acids is 2. The van der Waals surface area contributed by atoms with Crippen molar-refractivity contribution in [3.63, 3.8) is 0 Å². The predicted octanol–water partition coefficient (Wildman–Crippen LogP) is 4.87. The van der Waals surface area contributed by atoms with Gasteiger partial charge in [0.1, 0.15) is 12.4 Å². The second kappa shape index (κ2) is 12.0. The Kier molecular flexibility index (Phi) is 8.05. The van der Waals surface area contributed by atoms with E-state index in [0.717, 1.165) is 16.7 Å². The van der Waals surface area contributed by atoms with E-state index in [-0.39, 0.29) is 11.9 Å². The van der Waals surface area contributed by atoms with Crippen molar-refractivity contribution >= 4 is 11.9 Å². The smallest absolute Gasteiger partial charge is 0.322 e. The quantitative estimate of drug-likeness (QED) is 0.352. The van der Waals surface area contributed by atoms with E-state index in [0.29, 0.717) is 61.2 Å². The standard InChI is InChI=1S/C32H33N3O5/c1-4-16-35-26-20-34(17-15-22-13-14-27(38-2)28(18-22)39-3)31(36)29(26)30(33-32(35)37)24-11-8-12-25(19-24)40-21-23-9-6-5-7-10-23/h4-14,18-19,30H,1,15-17,20-21H2,2-3H3,(H,33,37). The van der Waals surface area contributed by atoms with Gasteiger partial charge in [-0.25, -0.2) is 4.79 Å². The van der Waals surface area contributed by atoms with E-state index in [9.17, 15) is 9.59 Å². The summed E-state index contributed by atoms with van der Waals surface area (Å²) >= 11 is 0. The van der Waals surface area contributed by atoms with Crippen LogP contribution in [0.5, 0.6) is 17.2 Å². The minimum absolute atomic E-state index is 0.0925. The maximum absolute atomic E-state index is 13.8. The minimum Gasteiger partial charge on any atom is -0.493 e. The van der Waals surface area contributed by atoms with Crippen molar-refractivity contribution in [2.24, 2.45) is 0 Å². The van der Waals surface area contributed by atoms with Gasteiger partial charge >= 0.3 is 6.03 Å². The van der Waals surface area contributed by atoms with E-state index in [1.54, 1.807) is 30.1 Å². The number of nitrogens with zero attached hydrogens (tertiary/aromatic N) is 2. The molecular formula is C32H33N3O5. The molecule has 8 nitrogen and oxygen atoms in total. The molecule has 0 saturated carbocycles. The highest BCUT2D eigenvalue weighted by atomic mass is 16.5. The molecule has 1 atom stereocenters. The van der Waals surface area contributed by atoms with Gasteiger partial charge in [0.05, 0.1) is 38.1 Å². The number of urea groups is 1. The van der Waals surface area contributed by atoms with Crippen LogP contribution in [-0.2, 0) is 17.8 Å².